The zero-order valence-corrected chi connectivity index (χ0v) is 10.9. The third-order valence-electron chi connectivity index (χ3n) is 2.80. The van der Waals surface area contributed by atoms with E-state index in [4.69, 9.17) is 0 Å². The lowest BCUT2D eigenvalue weighted by Gasteiger charge is -2.25. The highest BCUT2D eigenvalue weighted by molar-refractivity contribution is 4.61. The Labute approximate surface area is 90.3 Å². The molecule has 0 rings (SSSR count). The maximum absolute atomic E-state index is 2.43. The molecule has 0 bridgehead atoms. The van der Waals surface area contributed by atoms with Crippen LogP contribution in [0.3, 0.4) is 0 Å². The average molecular weight is 200 g/mol. The summed E-state index contributed by atoms with van der Waals surface area (Å²) in [6, 6.07) is 0.661. The van der Waals surface area contributed by atoms with Gasteiger partial charge in [-0.1, -0.05) is 13.8 Å². The first-order valence-electron chi connectivity index (χ1n) is 5.82. The molecule has 0 unspecified atom stereocenters. The molecule has 0 atom stereocenters. The summed E-state index contributed by atoms with van der Waals surface area (Å²) in [6.07, 6.45) is 1.31. The van der Waals surface area contributed by atoms with Crippen LogP contribution in [0.2, 0.25) is 0 Å². The third kappa shape index (κ3) is 7.34. The van der Waals surface area contributed by atoms with Crippen molar-refractivity contribution in [2.75, 3.05) is 33.7 Å². The van der Waals surface area contributed by atoms with Gasteiger partial charge in [0, 0.05) is 19.1 Å². The average Bonchev–Trinajstić information content (AvgIpc) is 2.10. The van der Waals surface area contributed by atoms with E-state index < -0.39 is 0 Å². The summed E-state index contributed by atoms with van der Waals surface area (Å²) in [4.78, 5) is 4.82. The Morgan fingerprint density at radius 3 is 1.86 bits per heavy atom. The van der Waals surface area contributed by atoms with Crippen molar-refractivity contribution < 1.29 is 0 Å². The molecule has 14 heavy (non-hydrogen) atoms. The fourth-order valence-corrected chi connectivity index (χ4v) is 1.18. The van der Waals surface area contributed by atoms with Crippen LogP contribution in [-0.4, -0.2) is 49.6 Å². The molecule has 2 nitrogen and oxygen atoms in total. The molecule has 0 aromatic carbocycles. The topological polar surface area (TPSA) is 6.48 Å². The third-order valence-corrected chi connectivity index (χ3v) is 2.80. The molecule has 0 amide bonds. The van der Waals surface area contributed by atoms with Gasteiger partial charge < -0.3 is 9.80 Å². The summed E-state index contributed by atoms with van der Waals surface area (Å²) in [5.74, 6) is 0.820. The van der Waals surface area contributed by atoms with E-state index in [9.17, 15) is 0 Å². The van der Waals surface area contributed by atoms with Crippen LogP contribution >= 0.6 is 0 Å². The molecule has 0 saturated heterocycles. The van der Waals surface area contributed by atoms with Crippen LogP contribution < -0.4 is 0 Å². The lowest BCUT2D eigenvalue weighted by atomic mass is 10.1. The molecule has 0 aliphatic rings. The van der Waals surface area contributed by atoms with Gasteiger partial charge in [0.1, 0.15) is 0 Å². The number of hydrogen-bond acceptors (Lipinski definition) is 2. The molecule has 2 heteroatoms. The number of hydrogen-bond donors (Lipinski definition) is 0. The molecule has 0 heterocycles. The minimum absolute atomic E-state index is 0.661. The smallest absolute Gasteiger partial charge is 0.0109 e. The first-order chi connectivity index (χ1) is 6.43. The van der Waals surface area contributed by atoms with Gasteiger partial charge >= 0.3 is 0 Å². The Hall–Kier alpha value is -0.0800. The molecular formula is C12H28N2. The number of likely N-dealkylation sites (N-methyl/N-ethyl adjacent to an activating group) is 2. The first-order valence-corrected chi connectivity index (χ1v) is 5.82. The number of nitrogens with zero attached hydrogens (tertiary/aromatic N) is 2. The van der Waals surface area contributed by atoms with E-state index in [0.717, 1.165) is 5.92 Å². The van der Waals surface area contributed by atoms with Crippen molar-refractivity contribution in [1.29, 1.82) is 0 Å². The van der Waals surface area contributed by atoms with Crippen LogP contribution in [0.25, 0.3) is 0 Å². The van der Waals surface area contributed by atoms with Gasteiger partial charge in [-0.05, 0) is 46.8 Å². The standard InChI is InChI=1S/C12H28N2/c1-11(2)7-8-13(5)9-10-14(6)12(3)4/h11-12H,7-10H2,1-6H3. The maximum Gasteiger partial charge on any atom is 0.0109 e. The van der Waals surface area contributed by atoms with Gasteiger partial charge in [0.2, 0.25) is 0 Å². The molecule has 0 radical (unpaired) electrons. The van der Waals surface area contributed by atoms with Gasteiger partial charge in [-0.3, -0.25) is 0 Å². The Balaban J connectivity index is 3.48. The van der Waals surface area contributed by atoms with Crippen molar-refractivity contribution >= 4 is 0 Å². The monoisotopic (exact) mass is 200 g/mol. The van der Waals surface area contributed by atoms with Crippen LogP contribution in [-0.2, 0) is 0 Å². The second kappa shape index (κ2) is 7.24. The Kier molecular flexibility index (Phi) is 7.20. The summed E-state index contributed by atoms with van der Waals surface area (Å²) in [5.41, 5.74) is 0. The molecule has 0 aromatic rings. The van der Waals surface area contributed by atoms with E-state index in [1.54, 1.807) is 0 Å². The lowest BCUT2D eigenvalue weighted by molar-refractivity contribution is 0.219. The van der Waals surface area contributed by atoms with Crippen LogP contribution in [0, 0.1) is 5.92 Å². The Morgan fingerprint density at radius 1 is 0.857 bits per heavy atom. The molecule has 0 aliphatic heterocycles. The van der Waals surface area contributed by atoms with Crippen LogP contribution in [0.1, 0.15) is 34.1 Å². The van der Waals surface area contributed by atoms with E-state index in [1.807, 2.05) is 0 Å². The van der Waals surface area contributed by atoms with Crippen molar-refractivity contribution in [3.63, 3.8) is 0 Å². The molecule has 86 valence electrons. The van der Waals surface area contributed by atoms with Gasteiger partial charge in [0.05, 0.1) is 0 Å². The molecule has 0 fully saturated rings. The first kappa shape index (κ1) is 13.9. The Morgan fingerprint density at radius 2 is 1.43 bits per heavy atom. The highest BCUT2D eigenvalue weighted by Crippen LogP contribution is 2.01. The molecule has 0 spiro atoms. The van der Waals surface area contributed by atoms with Crippen molar-refractivity contribution in [1.82, 2.24) is 9.80 Å². The van der Waals surface area contributed by atoms with E-state index >= 15 is 0 Å². The van der Waals surface area contributed by atoms with Gasteiger partial charge in [-0.15, -0.1) is 0 Å². The number of rotatable bonds is 7. The zero-order chi connectivity index (χ0) is 11.1. The van der Waals surface area contributed by atoms with E-state index in [-0.39, 0.29) is 0 Å². The SMILES string of the molecule is CC(C)CCN(C)CCN(C)C(C)C. The fraction of sp³-hybridized carbons (Fsp3) is 1.00. The Bertz CT molecular complexity index is 132. The minimum atomic E-state index is 0.661. The molecule has 0 aromatic heterocycles. The van der Waals surface area contributed by atoms with E-state index in [0.29, 0.717) is 6.04 Å². The molecule has 0 N–H and O–H groups in total. The largest absolute Gasteiger partial charge is 0.305 e. The fourth-order valence-electron chi connectivity index (χ4n) is 1.18. The lowest BCUT2D eigenvalue weighted by Crippen LogP contribution is -2.35. The van der Waals surface area contributed by atoms with Gasteiger partial charge in [-0.2, -0.15) is 0 Å². The van der Waals surface area contributed by atoms with Crippen molar-refractivity contribution in [3.05, 3.63) is 0 Å². The predicted molar refractivity (Wildman–Crippen MR) is 64.7 cm³/mol. The van der Waals surface area contributed by atoms with Crippen LogP contribution in [0.5, 0.6) is 0 Å². The van der Waals surface area contributed by atoms with E-state index in [2.05, 4.69) is 51.6 Å². The summed E-state index contributed by atoms with van der Waals surface area (Å²) in [6.45, 7) is 12.6. The van der Waals surface area contributed by atoms with Crippen molar-refractivity contribution in [2.24, 2.45) is 5.92 Å². The maximum atomic E-state index is 2.43. The summed E-state index contributed by atoms with van der Waals surface area (Å²) >= 11 is 0. The second-order valence-electron chi connectivity index (χ2n) is 5.06. The highest BCUT2D eigenvalue weighted by atomic mass is 15.2. The van der Waals surface area contributed by atoms with Gasteiger partial charge in [0.25, 0.3) is 0 Å². The van der Waals surface area contributed by atoms with Crippen LogP contribution in [0.15, 0.2) is 0 Å². The predicted octanol–water partition coefficient (Wildman–Crippen LogP) is 2.30. The molecule has 0 saturated carbocycles. The van der Waals surface area contributed by atoms with Crippen molar-refractivity contribution in [2.45, 2.75) is 40.2 Å². The van der Waals surface area contributed by atoms with Gasteiger partial charge in [0.15, 0.2) is 0 Å². The highest BCUT2D eigenvalue weighted by Gasteiger charge is 2.05. The normalized spacial score (nSPS) is 12.4. The minimum Gasteiger partial charge on any atom is -0.305 e. The van der Waals surface area contributed by atoms with Gasteiger partial charge in [-0.25, -0.2) is 0 Å². The van der Waals surface area contributed by atoms with E-state index in [1.165, 1.54) is 26.1 Å². The zero-order valence-electron chi connectivity index (χ0n) is 10.9. The summed E-state index contributed by atoms with van der Waals surface area (Å²) in [5, 5.41) is 0. The quantitative estimate of drug-likeness (QED) is 0.622. The van der Waals surface area contributed by atoms with Crippen molar-refractivity contribution in [3.8, 4) is 0 Å². The summed E-state index contributed by atoms with van der Waals surface area (Å²) < 4.78 is 0. The molecular weight excluding hydrogens is 172 g/mol. The second-order valence-corrected chi connectivity index (χ2v) is 5.06. The molecule has 0 aliphatic carbocycles. The summed E-state index contributed by atoms with van der Waals surface area (Å²) in [7, 11) is 4.41. The van der Waals surface area contributed by atoms with Crippen LogP contribution in [0.4, 0.5) is 0 Å².